The van der Waals surface area contributed by atoms with Crippen LogP contribution in [0.25, 0.3) is 0 Å². The highest BCUT2D eigenvalue weighted by molar-refractivity contribution is 6.01. The van der Waals surface area contributed by atoms with Crippen LogP contribution in [0.5, 0.6) is 0 Å². The average molecular weight is 254 g/mol. The normalized spacial score (nSPS) is 14.7. The van der Waals surface area contributed by atoms with Crippen LogP contribution in [0.2, 0.25) is 0 Å². The van der Waals surface area contributed by atoms with Crippen LogP contribution in [0.15, 0.2) is 5.10 Å². The number of hydrogen-bond donors (Lipinski definition) is 1. The smallest absolute Gasteiger partial charge is 0.407 e. The number of hydrazone groups is 1. The first kappa shape index (κ1) is 15.7. The molecule has 1 N–H and O–H groups in total. The van der Waals surface area contributed by atoms with Crippen molar-refractivity contribution in [3.8, 4) is 0 Å². The summed E-state index contributed by atoms with van der Waals surface area (Å²) in [7, 11) is 0. The van der Waals surface area contributed by atoms with E-state index in [9.17, 15) is 18.0 Å². The summed E-state index contributed by atoms with van der Waals surface area (Å²) in [5.41, 5.74) is 2.12. The van der Waals surface area contributed by atoms with Gasteiger partial charge in [0.2, 0.25) is 0 Å². The highest BCUT2D eigenvalue weighted by Gasteiger charge is 2.48. The number of carbonyl (C=O) groups is 1. The summed E-state index contributed by atoms with van der Waals surface area (Å²) in [6.07, 6.45) is -4.70. The van der Waals surface area contributed by atoms with Gasteiger partial charge in [-0.2, -0.15) is 18.3 Å². The van der Waals surface area contributed by atoms with Gasteiger partial charge in [0.05, 0.1) is 12.3 Å². The van der Waals surface area contributed by atoms with E-state index in [1.54, 1.807) is 13.8 Å². The highest BCUT2D eigenvalue weighted by Crippen LogP contribution is 2.28. The van der Waals surface area contributed by atoms with Crippen LogP contribution in [0, 0.1) is 5.92 Å². The molecule has 0 amide bonds. The molecule has 0 aromatic rings. The fourth-order valence-electron chi connectivity index (χ4n) is 1.06. The molecule has 0 saturated heterocycles. The van der Waals surface area contributed by atoms with E-state index in [1.807, 2.05) is 0 Å². The Morgan fingerprint density at radius 1 is 1.41 bits per heavy atom. The first-order valence-electron chi connectivity index (χ1n) is 5.23. The molecule has 0 aromatic carbocycles. The Kier molecular flexibility index (Phi) is 5.98. The molecule has 0 aliphatic carbocycles. The summed E-state index contributed by atoms with van der Waals surface area (Å²) < 4.78 is 42.4. The maximum atomic E-state index is 12.7. The SMILES string of the molecule is CCOC(=O)C(C(C)=NNC(C)C)C(F)(F)F. The lowest BCUT2D eigenvalue weighted by Gasteiger charge is -2.18. The van der Waals surface area contributed by atoms with Gasteiger partial charge < -0.3 is 10.2 Å². The number of nitrogens with zero attached hydrogens (tertiary/aromatic N) is 1. The van der Waals surface area contributed by atoms with Crippen LogP contribution in [0.3, 0.4) is 0 Å². The maximum absolute atomic E-state index is 12.7. The Morgan fingerprint density at radius 3 is 2.29 bits per heavy atom. The van der Waals surface area contributed by atoms with Gasteiger partial charge in [0.15, 0.2) is 5.92 Å². The van der Waals surface area contributed by atoms with Crippen LogP contribution in [-0.4, -0.2) is 30.5 Å². The number of alkyl halides is 3. The van der Waals surface area contributed by atoms with Gasteiger partial charge in [-0.25, -0.2) is 0 Å². The van der Waals surface area contributed by atoms with Crippen LogP contribution >= 0.6 is 0 Å². The molecule has 0 aliphatic rings. The third-order valence-electron chi connectivity index (χ3n) is 1.77. The molecule has 0 bridgehead atoms. The van der Waals surface area contributed by atoms with Crippen molar-refractivity contribution in [2.75, 3.05) is 6.61 Å². The highest BCUT2D eigenvalue weighted by atomic mass is 19.4. The van der Waals surface area contributed by atoms with Crippen molar-refractivity contribution in [3.05, 3.63) is 0 Å². The number of nitrogens with one attached hydrogen (secondary N) is 1. The van der Waals surface area contributed by atoms with E-state index >= 15 is 0 Å². The van der Waals surface area contributed by atoms with Crippen LogP contribution < -0.4 is 5.43 Å². The van der Waals surface area contributed by atoms with Crippen molar-refractivity contribution in [1.82, 2.24) is 5.43 Å². The molecule has 17 heavy (non-hydrogen) atoms. The second-order valence-corrected chi connectivity index (χ2v) is 3.76. The predicted molar refractivity (Wildman–Crippen MR) is 57.6 cm³/mol. The Bertz CT molecular complexity index is 288. The van der Waals surface area contributed by atoms with E-state index < -0.39 is 18.1 Å². The fraction of sp³-hybridized carbons (Fsp3) is 0.800. The maximum Gasteiger partial charge on any atom is 0.407 e. The molecule has 7 heteroatoms. The van der Waals surface area contributed by atoms with Crippen LogP contribution in [-0.2, 0) is 9.53 Å². The summed E-state index contributed by atoms with van der Waals surface area (Å²) in [6, 6.07) is -0.110. The van der Waals surface area contributed by atoms with Gasteiger partial charge in [0.1, 0.15) is 0 Å². The topological polar surface area (TPSA) is 50.7 Å². The summed E-state index contributed by atoms with van der Waals surface area (Å²) in [6.45, 7) is 5.94. The first-order chi connectivity index (χ1) is 7.70. The zero-order valence-electron chi connectivity index (χ0n) is 10.3. The minimum absolute atomic E-state index is 0.101. The fourth-order valence-corrected chi connectivity index (χ4v) is 1.06. The minimum atomic E-state index is -4.70. The minimum Gasteiger partial charge on any atom is -0.465 e. The number of esters is 1. The van der Waals surface area contributed by atoms with Gasteiger partial charge in [0, 0.05) is 6.04 Å². The quantitative estimate of drug-likeness (QED) is 0.464. The molecule has 0 saturated carbocycles. The van der Waals surface area contributed by atoms with E-state index in [1.165, 1.54) is 6.92 Å². The van der Waals surface area contributed by atoms with E-state index in [0.717, 1.165) is 6.92 Å². The lowest BCUT2D eigenvalue weighted by molar-refractivity contribution is -0.184. The van der Waals surface area contributed by atoms with Crippen molar-refractivity contribution in [2.45, 2.75) is 39.9 Å². The van der Waals surface area contributed by atoms with Crippen molar-refractivity contribution in [1.29, 1.82) is 0 Å². The van der Waals surface area contributed by atoms with Gasteiger partial charge in [-0.1, -0.05) is 0 Å². The van der Waals surface area contributed by atoms with Crippen LogP contribution in [0.1, 0.15) is 27.7 Å². The number of hydrogen-bond acceptors (Lipinski definition) is 4. The van der Waals surface area contributed by atoms with Gasteiger partial charge in [-0.3, -0.25) is 4.79 Å². The number of carbonyl (C=O) groups excluding carboxylic acids is 1. The standard InChI is InChI=1S/C10H17F3N2O2/c1-5-17-9(16)8(10(11,12)13)7(4)15-14-6(2)3/h6,8,14H,5H2,1-4H3. The predicted octanol–water partition coefficient (Wildman–Crippen LogP) is 2.10. The molecule has 0 radical (unpaired) electrons. The molecule has 100 valence electrons. The molecule has 0 aliphatic heterocycles. The van der Waals surface area contributed by atoms with Crippen molar-refractivity contribution in [2.24, 2.45) is 11.0 Å². The van der Waals surface area contributed by atoms with Gasteiger partial charge in [-0.15, -0.1) is 0 Å². The monoisotopic (exact) mass is 254 g/mol. The summed E-state index contributed by atoms with van der Waals surface area (Å²) in [4.78, 5) is 11.2. The van der Waals surface area contributed by atoms with Gasteiger partial charge in [0.25, 0.3) is 0 Å². The van der Waals surface area contributed by atoms with Crippen molar-refractivity contribution >= 4 is 11.7 Å². The van der Waals surface area contributed by atoms with Crippen molar-refractivity contribution in [3.63, 3.8) is 0 Å². The largest absolute Gasteiger partial charge is 0.465 e. The molecule has 4 nitrogen and oxygen atoms in total. The van der Waals surface area contributed by atoms with Gasteiger partial charge >= 0.3 is 12.1 Å². The number of rotatable bonds is 5. The summed E-state index contributed by atoms with van der Waals surface area (Å²) >= 11 is 0. The lowest BCUT2D eigenvalue weighted by Crippen LogP contribution is -2.38. The third kappa shape index (κ3) is 5.55. The van der Waals surface area contributed by atoms with Crippen molar-refractivity contribution < 1.29 is 22.7 Å². The molecular weight excluding hydrogens is 237 g/mol. The number of halogens is 3. The average Bonchev–Trinajstić information content (AvgIpc) is 2.12. The Morgan fingerprint density at radius 2 is 1.94 bits per heavy atom. The molecule has 0 heterocycles. The number of ether oxygens (including phenoxy) is 1. The van der Waals surface area contributed by atoms with Crippen LogP contribution in [0.4, 0.5) is 13.2 Å². The van der Waals surface area contributed by atoms with E-state index in [-0.39, 0.29) is 18.4 Å². The Labute approximate surface area is 98.2 Å². The van der Waals surface area contributed by atoms with E-state index in [4.69, 9.17) is 0 Å². The Balaban J connectivity index is 4.93. The first-order valence-corrected chi connectivity index (χ1v) is 5.23. The molecule has 1 atom stereocenters. The third-order valence-corrected chi connectivity index (χ3v) is 1.77. The molecule has 1 unspecified atom stereocenters. The molecule has 0 spiro atoms. The Hall–Kier alpha value is -1.27. The molecule has 0 rings (SSSR count). The summed E-state index contributed by atoms with van der Waals surface area (Å²) in [5.74, 6) is -3.64. The second kappa shape index (κ2) is 6.46. The zero-order valence-corrected chi connectivity index (χ0v) is 10.3. The van der Waals surface area contributed by atoms with E-state index in [2.05, 4.69) is 15.3 Å². The lowest BCUT2D eigenvalue weighted by atomic mass is 10.0. The second-order valence-electron chi connectivity index (χ2n) is 3.76. The zero-order chi connectivity index (χ0) is 13.6. The van der Waals surface area contributed by atoms with E-state index in [0.29, 0.717) is 0 Å². The molecular formula is C10H17F3N2O2. The molecule has 0 fully saturated rings. The molecule has 0 aromatic heterocycles. The van der Waals surface area contributed by atoms with Gasteiger partial charge in [-0.05, 0) is 27.7 Å². The summed E-state index contributed by atoms with van der Waals surface area (Å²) in [5, 5.41) is 3.54.